The van der Waals surface area contributed by atoms with Crippen molar-refractivity contribution in [2.75, 3.05) is 13.7 Å². The number of hydrogen-bond donors (Lipinski definition) is 0. The molecule has 1 fully saturated rings. The first-order valence-corrected chi connectivity index (χ1v) is 14.1. The first-order valence-electron chi connectivity index (χ1n) is 13.3. The summed E-state index contributed by atoms with van der Waals surface area (Å²) in [6.07, 6.45) is 0. The van der Waals surface area contributed by atoms with E-state index in [1.165, 1.54) is 7.11 Å². The van der Waals surface area contributed by atoms with Gasteiger partial charge in [-0.2, -0.15) is 0 Å². The summed E-state index contributed by atoms with van der Waals surface area (Å²) in [5, 5.41) is 0. The monoisotopic (exact) mass is 591 g/mol. The van der Waals surface area contributed by atoms with Crippen LogP contribution in [0.5, 0.6) is 5.75 Å². The number of ketones is 1. The number of carbonyl (C=O) groups is 4. The Morgan fingerprint density at radius 1 is 0.805 bits per heavy atom. The predicted molar refractivity (Wildman–Crippen MR) is 152 cm³/mol. The molecule has 3 aliphatic carbocycles. The number of likely N-dealkylation sites (tertiary alicyclic amines) is 1. The highest BCUT2D eigenvalue weighted by atomic mass is 35.5. The molecule has 0 N–H and O–H groups in total. The number of benzene rings is 3. The Hall–Kier alpha value is -3.68. The van der Waals surface area contributed by atoms with E-state index in [0.717, 1.165) is 4.90 Å². The molecule has 7 nitrogen and oxygen atoms in total. The minimum Gasteiger partial charge on any atom is -0.497 e. The molecule has 2 amide bonds. The molecule has 3 atom stereocenters. The van der Waals surface area contributed by atoms with Gasteiger partial charge < -0.3 is 9.47 Å². The Bertz CT molecular complexity index is 1480. The number of imide groups is 1. The number of methoxy groups -OCH3 is 1. The van der Waals surface area contributed by atoms with Crippen molar-refractivity contribution < 1.29 is 28.7 Å². The number of nitrogens with zero attached hydrogens (tertiary/aromatic N) is 1. The Kier molecular flexibility index (Phi) is 6.51. The van der Waals surface area contributed by atoms with E-state index in [9.17, 15) is 19.2 Å². The third-order valence-electron chi connectivity index (χ3n) is 8.53. The Balaban J connectivity index is 1.35. The van der Waals surface area contributed by atoms with Gasteiger partial charge in [-0.05, 0) is 52.4 Å². The fraction of sp³-hybridized carbons (Fsp3) is 0.312. The summed E-state index contributed by atoms with van der Waals surface area (Å²) >= 11 is 14.9. The molecule has 2 bridgehead atoms. The lowest BCUT2D eigenvalue weighted by molar-refractivity contribution is -0.160. The lowest BCUT2D eigenvalue weighted by Gasteiger charge is -2.54. The average Bonchev–Trinajstić information content (AvgIpc) is 3.25. The van der Waals surface area contributed by atoms with E-state index >= 15 is 0 Å². The maximum Gasteiger partial charge on any atom is 0.330 e. The number of alkyl halides is 2. The number of amides is 2. The lowest BCUT2D eigenvalue weighted by Crippen LogP contribution is -2.57. The van der Waals surface area contributed by atoms with E-state index < -0.39 is 63.7 Å². The minimum absolute atomic E-state index is 0.333. The van der Waals surface area contributed by atoms with Gasteiger partial charge in [0.25, 0.3) is 0 Å². The van der Waals surface area contributed by atoms with Gasteiger partial charge in [-0.15, -0.1) is 23.2 Å². The van der Waals surface area contributed by atoms with Gasteiger partial charge >= 0.3 is 5.97 Å². The first kappa shape index (κ1) is 27.5. The molecular weight excluding hydrogens is 565 g/mol. The Morgan fingerprint density at radius 3 is 1.63 bits per heavy atom. The zero-order valence-electron chi connectivity index (χ0n) is 22.6. The quantitative estimate of drug-likeness (QED) is 0.165. The maximum absolute atomic E-state index is 14.3. The van der Waals surface area contributed by atoms with Crippen molar-refractivity contribution in [3.63, 3.8) is 0 Å². The van der Waals surface area contributed by atoms with Crippen LogP contribution in [-0.2, 0) is 28.9 Å². The van der Waals surface area contributed by atoms with Crippen molar-refractivity contribution in [3.8, 4) is 5.75 Å². The fourth-order valence-electron chi connectivity index (χ4n) is 6.72. The average molecular weight is 592 g/mol. The molecule has 41 heavy (non-hydrogen) atoms. The van der Waals surface area contributed by atoms with Crippen molar-refractivity contribution in [1.29, 1.82) is 0 Å². The summed E-state index contributed by atoms with van der Waals surface area (Å²) in [6.45, 7) is 2.88. The topological polar surface area (TPSA) is 90.0 Å². The molecule has 0 radical (unpaired) electrons. The van der Waals surface area contributed by atoms with Gasteiger partial charge in [0.15, 0.2) is 12.4 Å². The Labute approximate surface area is 247 Å². The van der Waals surface area contributed by atoms with E-state index in [4.69, 9.17) is 32.7 Å². The molecule has 0 spiro atoms. The fourth-order valence-corrected chi connectivity index (χ4v) is 7.82. The standard InChI is InChI=1S/C32H27Cl2NO6/c1-17(2)27(30(39)41-16-24(36)18-12-14-19(40-3)15-13-18)35-28(37)25-26(29(35)38)32(34)21-9-5-4-8-20(21)31(25,33)22-10-6-7-11-23(22)32/h4-15,17,25-27H,16H2,1-3H3/t25-,26-,27-,31?,32?/m0/s1. The van der Waals surface area contributed by atoms with Crippen LogP contribution >= 0.6 is 23.2 Å². The van der Waals surface area contributed by atoms with E-state index in [1.54, 1.807) is 38.1 Å². The zero-order chi connectivity index (χ0) is 29.3. The van der Waals surface area contributed by atoms with Crippen molar-refractivity contribution in [2.45, 2.75) is 29.6 Å². The maximum atomic E-state index is 14.3. The van der Waals surface area contributed by atoms with Gasteiger partial charge in [0.05, 0.1) is 18.9 Å². The Morgan fingerprint density at radius 2 is 1.24 bits per heavy atom. The van der Waals surface area contributed by atoms with Crippen LogP contribution in [0.2, 0.25) is 0 Å². The summed E-state index contributed by atoms with van der Waals surface area (Å²) in [4.78, 5) is 53.0. The van der Waals surface area contributed by atoms with Crippen LogP contribution in [0.4, 0.5) is 0 Å². The highest BCUT2D eigenvalue weighted by Gasteiger charge is 2.74. The molecule has 3 aromatic rings. The van der Waals surface area contributed by atoms with Crippen molar-refractivity contribution in [2.24, 2.45) is 17.8 Å². The van der Waals surface area contributed by atoms with Crippen LogP contribution in [0, 0.1) is 17.8 Å². The summed E-state index contributed by atoms with van der Waals surface area (Å²) in [5.74, 6) is -4.44. The molecule has 7 rings (SSSR count). The van der Waals surface area contributed by atoms with E-state index in [-0.39, 0.29) is 0 Å². The highest BCUT2D eigenvalue weighted by molar-refractivity contribution is 6.36. The molecular formula is C32H27Cl2NO6. The number of ether oxygens (including phenoxy) is 2. The van der Waals surface area contributed by atoms with Gasteiger partial charge in [-0.1, -0.05) is 62.4 Å². The van der Waals surface area contributed by atoms with E-state index in [2.05, 4.69) is 0 Å². The summed E-state index contributed by atoms with van der Waals surface area (Å²) in [6, 6.07) is 19.8. The van der Waals surface area contributed by atoms with Crippen molar-refractivity contribution in [1.82, 2.24) is 4.90 Å². The van der Waals surface area contributed by atoms with Gasteiger partial charge in [0, 0.05) is 5.56 Å². The SMILES string of the molecule is COc1ccc(C(=O)COC(=O)[C@H](C(C)C)N2C(=O)[C@@H]3[C@@H](C2=O)C2(Cl)c4ccccc4C3(Cl)c3ccccc32)cc1. The number of Topliss-reactive ketones (excluding diaryl/α,β-unsaturated/α-hetero) is 1. The molecule has 9 heteroatoms. The van der Waals surface area contributed by atoms with E-state index in [1.807, 2.05) is 48.5 Å². The van der Waals surface area contributed by atoms with Gasteiger partial charge in [0.1, 0.15) is 21.5 Å². The van der Waals surface area contributed by atoms with Gasteiger partial charge in [-0.3, -0.25) is 19.3 Å². The number of esters is 1. The van der Waals surface area contributed by atoms with Gasteiger partial charge in [0.2, 0.25) is 11.8 Å². The largest absolute Gasteiger partial charge is 0.497 e. The zero-order valence-corrected chi connectivity index (χ0v) is 24.1. The third-order valence-corrected chi connectivity index (χ3v) is 9.81. The van der Waals surface area contributed by atoms with Crippen LogP contribution in [0.15, 0.2) is 72.8 Å². The predicted octanol–water partition coefficient (Wildman–Crippen LogP) is 5.04. The number of hydrogen-bond acceptors (Lipinski definition) is 6. The first-order chi connectivity index (χ1) is 19.6. The van der Waals surface area contributed by atoms with Crippen LogP contribution in [0.1, 0.15) is 46.5 Å². The number of rotatable bonds is 7. The van der Waals surface area contributed by atoms with Crippen LogP contribution in [-0.4, -0.2) is 48.2 Å². The smallest absolute Gasteiger partial charge is 0.330 e. The van der Waals surface area contributed by atoms with Crippen LogP contribution < -0.4 is 4.74 Å². The lowest BCUT2D eigenvalue weighted by atomic mass is 9.54. The number of halogens is 2. The molecule has 1 aliphatic heterocycles. The second kappa shape index (κ2) is 9.71. The highest BCUT2D eigenvalue weighted by Crippen LogP contribution is 2.69. The summed E-state index contributed by atoms with van der Waals surface area (Å²) in [7, 11) is 1.52. The molecule has 3 aromatic carbocycles. The minimum atomic E-state index is -1.36. The van der Waals surface area contributed by atoms with Crippen molar-refractivity contribution in [3.05, 3.63) is 101 Å². The molecule has 1 heterocycles. The second-order valence-corrected chi connectivity index (χ2v) is 12.2. The van der Waals surface area contributed by atoms with Crippen LogP contribution in [0.25, 0.3) is 0 Å². The molecule has 0 aromatic heterocycles. The molecule has 210 valence electrons. The normalized spacial score (nSPS) is 26.3. The summed E-state index contributed by atoms with van der Waals surface area (Å²) < 4.78 is 10.5. The molecule has 0 unspecified atom stereocenters. The van der Waals surface area contributed by atoms with E-state index in [0.29, 0.717) is 33.6 Å². The third kappa shape index (κ3) is 3.71. The van der Waals surface area contributed by atoms with Gasteiger partial charge in [-0.25, -0.2) is 4.79 Å². The molecule has 4 aliphatic rings. The van der Waals surface area contributed by atoms with Crippen molar-refractivity contribution >= 4 is 46.8 Å². The summed E-state index contributed by atoms with van der Waals surface area (Å²) in [5.41, 5.74) is 3.03. The van der Waals surface area contributed by atoms with Crippen LogP contribution in [0.3, 0.4) is 0 Å². The number of carbonyl (C=O) groups excluding carboxylic acids is 4. The second-order valence-electron chi connectivity index (χ2n) is 11.0. The molecule has 1 saturated heterocycles. The molecule has 0 saturated carbocycles.